The lowest BCUT2D eigenvalue weighted by Gasteiger charge is -2.13. The van der Waals surface area contributed by atoms with E-state index in [0.717, 1.165) is 0 Å². The standard InChI is InChI=1S/C10H13F6N5/c1-21(2)5-3-4-17-8-19-6(9(11,12)13)18-7(20-8)10(14,15)16/h3-5H2,1-2H3,(H,17,18,19,20). The van der Waals surface area contributed by atoms with Crippen LogP contribution in [0.2, 0.25) is 0 Å². The summed E-state index contributed by atoms with van der Waals surface area (Å²) < 4.78 is 74.9. The Hall–Kier alpha value is -1.65. The Morgan fingerprint density at radius 3 is 1.76 bits per heavy atom. The number of aromatic nitrogens is 3. The summed E-state index contributed by atoms with van der Waals surface area (Å²) in [4.78, 5) is 10.2. The largest absolute Gasteiger partial charge is 0.451 e. The van der Waals surface area contributed by atoms with Crippen LogP contribution < -0.4 is 5.32 Å². The van der Waals surface area contributed by atoms with Crippen molar-refractivity contribution < 1.29 is 26.3 Å². The zero-order valence-corrected chi connectivity index (χ0v) is 11.2. The van der Waals surface area contributed by atoms with Crippen molar-refractivity contribution in [3.8, 4) is 0 Å². The van der Waals surface area contributed by atoms with Crippen LogP contribution in [0.15, 0.2) is 0 Å². The van der Waals surface area contributed by atoms with Crippen LogP contribution in [0, 0.1) is 0 Å². The quantitative estimate of drug-likeness (QED) is 0.667. The van der Waals surface area contributed by atoms with Crippen LogP contribution in [0.5, 0.6) is 0 Å². The van der Waals surface area contributed by atoms with E-state index in [9.17, 15) is 26.3 Å². The van der Waals surface area contributed by atoms with E-state index in [2.05, 4.69) is 20.3 Å². The highest BCUT2D eigenvalue weighted by molar-refractivity contribution is 5.25. The second kappa shape index (κ2) is 6.41. The molecule has 21 heavy (non-hydrogen) atoms. The second-order valence-corrected chi connectivity index (χ2v) is 4.39. The van der Waals surface area contributed by atoms with Crippen LogP contribution in [0.1, 0.15) is 18.1 Å². The van der Waals surface area contributed by atoms with E-state index < -0.39 is 29.9 Å². The van der Waals surface area contributed by atoms with Crippen molar-refractivity contribution in [3.05, 3.63) is 11.6 Å². The Morgan fingerprint density at radius 2 is 1.38 bits per heavy atom. The third kappa shape index (κ3) is 5.69. The molecule has 0 atom stereocenters. The number of nitrogens with one attached hydrogen (secondary N) is 1. The molecule has 1 heterocycles. The summed E-state index contributed by atoms with van der Waals surface area (Å²) >= 11 is 0. The highest BCUT2D eigenvalue weighted by Crippen LogP contribution is 2.31. The van der Waals surface area contributed by atoms with Crippen molar-refractivity contribution in [2.24, 2.45) is 0 Å². The molecule has 1 aromatic heterocycles. The van der Waals surface area contributed by atoms with Gasteiger partial charge < -0.3 is 10.2 Å². The lowest BCUT2D eigenvalue weighted by Crippen LogP contribution is -2.22. The third-order valence-corrected chi connectivity index (χ3v) is 2.21. The van der Waals surface area contributed by atoms with Gasteiger partial charge in [-0.2, -0.15) is 36.3 Å². The van der Waals surface area contributed by atoms with Crippen LogP contribution in [-0.4, -0.2) is 47.0 Å². The Balaban J connectivity index is 2.93. The number of hydrogen-bond acceptors (Lipinski definition) is 5. The van der Waals surface area contributed by atoms with Gasteiger partial charge in [-0.25, -0.2) is 4.98 Å². The lowest BCUT2D eigenvalue weighted by molar-refractivity contribution is -0.155. The summed E-state index contributed by atoms with van der Waals surface area (Å²) in [6, 6.07) is 0. The summed E-state index contributed by atoms with van der Waals surface area (Å²) in [6.45, 7) is 0.743. The fourth-order valence-corrected chi connectivity index (χ4v) is 1.30. The first-order chi connectivity index (χ1) is 9.50. The SMILES string of the molecule is CN(C)CCCNc1nc(C(F)(F)F)nc(C(F)(F)F)n1. The minimum absolute atomic E-state index is 0.136. The first-order valence-corrected chi connectivity index (χ1v) is 5.79. The molecule has 0 amide bonds. The fraction of sp³-hybridized carbons (Fsp3) is 0.700. The molecule has 0 radical (unpaired) electrons. The zero-order chi connectivity index (χ0) is 16.3. The Morgan fingerprint density at radius 1 is 0.905 bits per heavy atom. The van der Waals surface area contributed by atoms with Crippen molar-refractivity contribution in [1.82, 2.24) is 19.9 Å². The molecular weight excluding hydrogens is 304 g/mol. The van der Waals surface area contributed by atoms with Crippen LogP contribution in [0.4, 0.5) is 32.3 Å². The molecule has 11 heteroatoms. The predicted molar refractivity (Wildman–Crippen MR) is 61.5 cm³/mol. The fourth-order valence-electron chi connectivity index (χ4n) is 1.30. The first kappa shape index (κ1) is 17.4. The Labute approximate surface area is 116 Å². The number of rotatable bonds is 5. The molecule has 0 fully saturated rings. The van der Waals surface area contributed by atoms with Crippen molar-refractivity contribution in [3.63, 3.8) is 0 Å². The van der Waals surface area contributed by atoms with Gasteiger partial charge >= 0.3 is 12.4 Å². The smallest absolute Gasteiger partial charge is 0.354 e. The molecular formula is C10H13F6N5. The van der Waals surface area contributed by atoms with Gasteiger partial charge in [-0.3, -0.25) is 0 Å². The molecule has 0 saturated carbocycles. The van der Waals surface area contributed by atoms with Gasteiger partial charge in [-0.1, -0.05) is 0 Å². The molecule has 1 N–H and O–H groups in total. The van der Waals surface area contributed by atoms with E-state index in [1.807, 2.05) is 4.90 Å². The zero-order valence-electron chi connectivity index (χ0n) is 11.2. The van der Waals surface area contributed by atoms with Gasteiger partial charge in [0.15, 0.2) is 0 Å². The molecule has 1 aromatic rings. The van der Waals surface area contributed by atoms with Gasteiger partial charge in [0.05, 0.1) is 0 Å². The van der Waals surface area contributed by atoms with Crippen LogP contribution in [0.25, 0.3) is 0 Å². The summed E-state index contributed by atoms with van der Waals surface area (Å²) in [6.07, 6.45) is -9.66. The highest BCUT2D eigenvalue weighted by atomic mass is 19.4. The Bertz CT molecular complexity index is 438. The average Bonchev–Trinajstić information content (AvgIpc) is 2.32. The van der Waals surface area contributed by atoms with Gasteiger partial charge in [-0.05, 0) is 27.1 Å². The van der Waals surface area contributed by atoms with Gasteiger partial charge in [0.1, 0.15) is 0 Å². The van der Waals surface area contributed by atoms with Crippen molar-refractivity contribution in [2.45, 2.75) is 18.8 Å². The third-order valence-electron chi connectivity index (χ3n) is 2.21. The van der Waals surface area contributed by atoms with Crippen molar-refractivity contribution in [2.75, 3.05) is 32.5 Å². The maximum Gasteiger partial charge on any atom is 0.451 e. The van der Waals surface area contributed by atoms with E-state index in [1.54, 1.807) is 14.1 Å². The van der Waals surface area contributed by atoms with Gasteiger partial charge in [0.2, 0.25) is 17.6 Å². The lowest BCUT2D eigenvalue weighted by atomic mass is 10.4. The molecule has 120 valence electrons. The van der Waals surface area contributed by atoms with E-state index in [-0.39, 0.29) is 6.54 Å². The van der Waals surface area contributed by atoms with Gasteiger partial charge in [0.25, 0.3) is 0 Å². The summed E-state index contributed by atoms with van der Waals surface area (Å²) in [5.74, 6) is -4.50. The number of nitrogens with zero attached hydrogens (tertiary/aromatic N) is 4. The molecule has 0 aliphatic heterocycles. The molecule has 0 aromatic carbocycles. The van der Waals surface area contributed by atoms with E-state index >= 15 is 0 Å². The normalized spacial score (nSPS) is 12.8. The van der Waals surface area contributed by atoms with Crippen LogP contribution in [0.3, 0.4) is 0 Å². The minimum atomic E-state index is -5.08. The topological polar surface area (TPSA) is 53.9 Å². The molecule has 0 unspecified atom stereocenters. The van der Waals surface area contributed by atoms with Crippen LogP contribution in [-0.2, 0) is 12.4 Å². The maximum absolute atomic E-state index is 12.5. The molecule has 0 saturated heterocycles. The van der Waals surface area contributed by atoms with Gasteiger partial charge in [0, 0.05) is 6.54 Å². The van der Waals surface area contributed by atoms with E-state index in [0.29, 0.717) is 13.0 Å². The van der Waals surface area contributed by atoms with Gasteiger partial charge in [-0.15, -0.1) is 0 Å². The predicted octanol–water partition coefficient (Wildman–Crippen LogP) is 2.27. The molecule has 0 spiro atoms. The summed E-state index contributed by atoms with van der Waals surface area (Å²) in [7, 11) is 3.57. The van der Waals surface area contributed by atoms with Crippen LogP contribution >= 0.6 is 0 Å². The molecule has 0 aliphatic carbocycles. The molecule has 0 bridgehead atoms. The minimum Gasteiger partial charge on any atom is -0.354 e. The molecule has 1 rings (SSSR count). The number of hydrogen-bond donors (Lipinski definition) is 1. The maximum atomic E-state index is 12.5. The summed E-state index contributed by atoms with van der Waals surface area (Å²) in [5, 5.41) is 2.34. The highest BCUT2D eigenvalue weighted by Gasteiger charge is 2.41. The van der Waals surface area contributed by atoms with E-state index in [4.69, 9.17) is 0 Å². The molecule has 0 aliphatic rings. The van der Waals surface area contributed by atoms with Crippen molar-refractivity contribution >= 4 is 5.95 Å². The first-order valence-electron chi connectivity index (χ1n) is 5.79. The second-order valence-electron chi connectivity index (χ2n) is 4.39. The number of anilines is 1. The monoisotopic (exact) mass is 317 g/mol. The number of alkyl halides is 6. The summed E-state index contributed by atoms with van der Waals surface area (Å²) in [5.41, 5.74) is 0. The van der Waals surface area contributed by atoms with E-state index in [1.165, 1.54) is 0 Å². The average molecular weight is 317 g/mol. The Kier molecular flexibility index (Phi) is 5.31. The molecule has 5 nitrogen and oxygen atoms in total. The number of halogens is 6. The van der Waals surface area contributed by atoms with Crippen molar-refractivity contribution in [1.29, 1.82) is 0 Å².